The van der Waals surface area contributed by atoms with Crippen molar-refractivity contribution < 1.29 is 15.0 Å². The Morgan fingerprint density at radius 3 is 2.60 bits per heavy atom. The summed E-state index contributed by atoms with van der Waals surface area (Å²) in [4.78, 5) is 12.0. The summed E-state index contributed by atoms with van der Waals surface area (Å²) < 4.78 is 0. The number of nitrogens with one attached hydrogen (secondary N) is 1. The standard InChI is InChI=1S/C15H22N2O3/c16-12(9-10-5-7-11(18)8-6-10)15(20)17-13-3-1-2-4-14(13)19/h5-8,12-14,18-19H,1-4,9,16H2,(H,17,20). The van der Waals surface area contributed by atoms with E-state index >= 15 is 0 Å². The van der Waals surface area contributed by atoms with Crippen molar-refractivity contribution in [2.24, 2.45) is 5.73 Å². The second-order valence-corrected chi connectivity index (χ2v) is 5.44. The molecule has 0 aliphatic heterocycles. The summed E-state index contributed by atoms with van der Waals surface area (Å²) in [6.07, 6.45) is 3.52. The topological polar surface area (TPSA) is 95.6 Å². The molecule has 2 rings (SSSR count). The number of benzene rings is 1. The third-order valence-corrected chi connectivity index (χ3v) is 3.79. The zero-order valence-corrected chi connectivity index (χ0v) is 11.5. The van der Waals surface area contributed by atoms with Crippen LogP contribution in [0, 0.1) is 0 Å². The molecule has 0 radical (unpaired) electrons. The number of aromatic hydroxyl groups is 1. The Kier molecular flexibility index (Phi) is 4.98. The summed E-state index contributed by atoms with van der Waals surface area (Å²) in [5.74, 6) is -0.0406. The van der Waals surface area contributed by atoms with Gasteiger partial charge in [-0.05, 0) is 37.0 Å². The number of carbonyl (C=O) groups excluding carboxylic acids is 1. The third kappa shape index (κ3) is 3.95. The quantitative estimate of drug-likeness (QED) is 0.651. The van der Waals surface area contributed by atoms with Gasteiger partial charge < -0.3 is 21.3 Å². The number of amides is 1. The van der Waals surface area contributed by atoms with Gasteiger partial charge in [0.25, 0.3) is 0 Å². The van der Waals surface area contributed by atoms with Crippen molar-refractivity contribution in [2.75, 3.05) is 0 Å². The van der Waals surface area contributed by atoms with E-state index in [9.17, 15) is 15.0 Å². The maximum absolute atomic E-state index is 12.0. The first kappa shape index (κ1) is 14.8. The largest absolute Gasteiger partial charge is 0.508 e. The maximum atomic E-state index is 12.0. The van der Waals surface area contributed by atoms with Gasteiger partial charge in [0.1, 0.15) is 5.75 Å². The Balaban J connectivity index is 1.86. The van der Waals surface area contributed by atoms with Crippen molar-refractivity contribution in [2.45, 2.75) is 50.3 Å². The van der Waals surface area contributed by atoms with Crippen molar-refractivity contribution in [1.82, 2.24) is 5.32 Å². The normalized spacial score (nSPS) is 24.1. The van der Waals surface area contributed by atoms with Crippen LogP contribution in [0.25, 0.3) is 0 Å². The lowest BCUT2D eigenvalue weighted by Gasteiger charge is -2.29. The molecule has 3 unspecified atom stereocenters. The van der Waals surface area contributed by atoms with Crippen molar-refractivity contribution in [3.05, 3.63) is 29.8 Å². The van der Waals surface area contributed by atoms with E-state index in [1.165, 1.54) is 0 Å². The van der Waals surface area contributed by atoms with Crippen LogP contribution in [0.1, 0.15) is 31.2 Å². The third-order valence-electron chi connectivity index (χ3n) is 3.79. The Morgan fingerprint density at radius 2 is 1.95 bits per heavy atom. The number of hydrogen-bond donors (Lipinski definition) is 4. The smallest absolute Gasteiger partial charge is 0.237 e. The van der Waals surface area contributed by atoms with Crippen molar-refractivity contribution in [3.63, 3.8) is 0 Å². The van der Waals surface area contributed by atoms with E-state index in [0.717, 1.165) is 31.2 Å². The number of phenolic OH excluding ortho intramolecular Hbond substituents is 1. The molecule has 0 heterocycles. The van der Waals surface area contributed by atoms with Crippen LogP contribution in [0.15, 0.2) is 24.3 Å². The number of aliphatic hydroxyl groups is 1. The lowest BCUT2D eigenvalue weighted by atomic mass is 9.92. The zero-order chi connectivity index (χ0) is 14.5. The average molecular weight is 278 g/mol. The van der Waals surface area contributed by atoms with Gasteiger partial charge in [0.2, 0.25) is 5.91 Å². The van der Waals surface area contributed by atoms with Crippen LogP contribution in [0.4, 0.5) is 0 Å². The first-order valence-electron chi connectivity index (χ1n) is 7.08. The fourth-order valence-corrected chi connectivity index (χ4v) is 2.55. The van der Waals surface area contributed by atoms with Gasteiger partial charge in [-0.3, -0.25) is 4.79 Å². The van der Waals surface area contributed by atoms with E-state index < -0.39 is 12.1 Å². The van der Waals surface area contributed by atoms with Crippen LogP contribution < -0.4 is 11.1 Å². The van der Waals surface area contributed by atoms with Crippen molar-refractivity contribution in [3.8, 4) is 5.75 Å². The van der Waals surface area contributed by atoms with E-state index in [-0.39, 0.29) is 17.7 Å². The zero-order valence-electron chi connectivity index (χ0n) is 11.5. The predicted molar refractivity (Wildman–Crippen MR) is 76.2 cm³/mol. The summed E-state index contributed by atoms with van der Waals surface area (Å²) >= 11 is 0. The van der Waals surface area contributed by atoms with Gasteiger partial charge in [-0.2, -0.15) is 0 Å². The van der Waals surface area contributed by atoms with Crippen molar-refractivity contribution >= 4 is 5.91 Å². The molecular weight excluding hydrogens is 256 g/mol. The Bertz CT molecular complexity index is 447. The minimum absolute atomic E-state index is 0.179. The minimum atomic E-state index is -0.645. The van der Waals surface area contributed by atoms with Gasteiger partial charge >= 0.3 is 0 Å². The fourth-order valence-electron chi connectivity index (χ4n) is 2.55. The van der Waals surface area contributed by atoms with Crippen LogP contribution in [0.5, 0.6) is 5.75 Å². The molecule has 3 atom stereocenters. The predicted octanol–water partition coefficient (Wildman–Crippen LogP) is 0.682. The molecule has 5 heteroatoms. The molecule has 0 saturated heterocycles. The van der Waals surface area contributed by atoms with E-state index in [1.807, 2.05) is 0 Å². The highest BCUT2D eigenvalue weighted by Gasteiger charge is 2.26. The molecule has 110 valence electrons. The number of nitrogens with two attached hydrogens (primary N) is 1. The lowest BCUT2D eigenvalue weighted by molar-refractivity contribution is -0.124. The van der Waals surface area contributed by atoms with E-state index in [1.54, 1.807) is 24.3 Å². The molecule has 1 fully saturated rings. The van der Waals surface area contributed by atoms with Crippen LogP contribution in [-0.2, 0) is 11.2 Å². The van der Waals surface area contributed by atoms with Gasteiger partial charge in [-0.25, -0.2) is 0 Å². The van der Waals surface area contributed by atoms with Gasteiger partial charge in [0.15, 0.2) is 0 Å². The first-order valence-corrected chi connectivity index (χ1v) is 7.08. The fraction of sp³-hybridized carbons (Fsp3) is 0.533. The Labute approximate surface area is 118 Å². The van der Waals surface area contributed by atoms with E-state index in [0.29, 0.717) is 6.42 Å². The minimum Gasteiger partial charge on any atom is -0.508 e. The molecular formula is C15H22N2O3. The van der Waals surface area contributed by atoms with Gasteiger partial charge in [0.05, 0.1) is 18.2 Å². The molecule has 1 aromatic carbocycles. The van der Waals surface area contributed by atoms with Crippen molar-refractivity contribution in [1.29, 1.82) is 0 Å². The SMILES string of the molecule is NC(Cc1ccc(O)cc1)C(=O)NC1CCCCC1O. The highest BCUT2D eigenvalue weighted by molar-refractivity contribution is 5.82. The summed E-state index contributed by atoms with van der Waals surface area (Å²) in [5, 5.41) is 21.9. The number of hydrogen-bond acceptors (Lipinski definition) is 4. The average Bonchev–Trinajstić information content (AvgIpc) is 2.44. The Hall–Kier alpha value is -1.59. The molecule has 0 bridgehead atoms. The van der Waals surface area contributed by atoms with Crippen LogP contribution in [0.2, 0.25) is 0 Å². The van der Waals surface area contributed by atoms with E-state index in [2.05, 4.69) is 5.32 Å². The van der Waals surface area contributed by atoms with Gasteiger partial charge in [-0.1, -0.05) is 25.0 Å². The number of carbonyl (C=O) groups is 1. The molecule has 0 aromatic heterocycles. The second-order valence-electron chi connectivity index (χ2n) is 5.44. The number of rotatable bonds is 4. The highest BCUT2D eigenvalue weighted by atomic mass is 16.3. The monoisotopic (exact) mass is 278 g/mol. The van der Waals surface area contributed by atoms with Gasteiger partial charge in [-0.15, -0.1) is 0 Å². The van der Waals surface area contributed by atoms with Crippen LogP contribution >= 0.6 is 0 Å². The summed E-state index contributed by atoms with van der Waals surface area (Å²) in [5.41, 5.74) is 6.79. The number of aliphatic hydroxyl groups excluding tert-OH is 1. The molecule has 5 nitrogen and oxygen atoms in total. The second kappa shape index (κ2) is 6.72. The first-order chi connectivity index (χ1) is 9.56. The van der Waals surface area contributed by atoms with Crippen LogP contribution in [0.3, 0.4) is 0 Å². The Morgan fingerprint density at radius 1 is 1.30 bits per heavy atom. The molecule has 1 aromatic rings. The summed E-state index contributed by atoms with van der Waals surface area (Å²) in [7, 11) is 0. The molecule has 1 aliphatic carbocycles. The molecule has 0 spiro atoms. The molecule has 1 aliphatic rings. The lowest BCUT2D eigenvalue weighted by Crippen LogP contribution is -2.51. The maximum Gasteiger partial charge on any atom is 0.237 e. The van der Waals surface area contributed by atoms with E-state index in [4.69, 9.17) is 5.73 Å². The van der Waals surface area contributed by atoms with Crippen LogP contribution in [-0.4, -0.2) is 34.3 Å². The molecule has 1 saturated carbocycles. The number of phenols is 1. The highest BCUT2D eigenvalue weighted by Crippen LogP contribution is 2.18. The van der Waals surface area contributed by atoms with Gasteiger partial charge in [0, 0.05) is 0 Å². The summed E-state index contributed by atoms with van der Waals surface area (Å²) in [6, 6.07) is 5.82. The summed E-state index contributed by atoms with van der Waals surface area (Å²) in [6.45, 7) is 0. The molecule has 5 N–H and O–H groups in total. The molecule has 1 amide bonds. The molecule has 20 heavy (non-hydrogen) atoms.